The zero-order valence-electron chi connectivity index (χ0n) is 28.9. The molecule has 1 aliphatic heterocycles. The molecule has 3 N–H and O–H groups in total. The van der Waals surface area contributed by atoms with Crippen LogP contribution in [0.2, 0.25) is 10.0 Å². The Morgan fingerprint density at radius 1 is 0.882 bits per heavy atom. The van der Waals surface area contributed by atoms with Crippen molar-refractivity contribution in [1.82, 2.24) is 5.32 Å². The third-order valence-corrected chi connectivity index (χ3v) is 10.7. The van der Waals surface area contributed by atoms with Crippen LogP contribution >= 0.6 is 23.2 Å². The molecule has 1 saturated carbocycles. The van der Waals surface area contributed by atoms with E-state index in [-0.39, 0.29) is 18.4 Å². The van der Waals surface area contributed by atoms with Crippen LogP contribution in [0.1, 0.15) is 75.0 Å². The minimum atomic E-state index is -1.24. The van der Waals surface area contributed by atoms with Crippen LogP contribution in [0.25, 0.3) is 11.1 Å². The molecule has 0 aromatic heterocycles. The number of aliphatic imine (C=N–C) groups is 1. The lowest BCUT2D eigenvalue weighted by molar-refractivity contribution is -0.136. The van der Waals surface area contributed by atoms with E-state index >= 15 is 0 Å². The Morgan fingerprint density at radius 2 is 1.61 bits per heavy atom. The summed E-state index contributed by atoms with van der Waals surface area (Å²) in [5.41, 5.74) is 11.4. The summed E-state index contributed by atoms with van der Waals surface area (Å²) < 4.78 is 0. The molecule has 0 bridgehead atoms. The van der Waals surface area contributed by atoms with Crippen LogP contribution in [0, 0.1) is 17.8 Å². The third kappa shape index (κ3) is 8.54. The molecule has 4 aromatic rings. The molecular weight excluding hydrogens is 679 g/mol. The van der Waals surface area contributed by atoms with Gasteiger partial charge in [0.05, 0.1) is 17.9 Å². The van der Waals surface area contributed by atoms with E-state index in [4.69, 9.17) is 33.9 Å². The minimum absolute atomic E-state index is 0.213. The minimum Gasteiger partial charge on any atom is -0.369 e. The Hall–Kier alpha value is -4.46. The number of benzene rings is 4. The Labute approximate surface area is 310 Å². The van der Waals surface area contributed by atoms with Crippen molar-refractivity contribution in [3.63, 3.8) is 0 Å². The predicted molar refractivity (Wildman–Crippen MR) is 206 cm³/mol. The van der Waals surface area contributed by atoms with Gasteiger partial charge in [-0.1, -0.05) is 141 Å². The van der Waals surface area contributed by atoms with Gasteiger partial charge in [0, 0.05) is 38.6 Å². The summed E-state index contributed by atoms with van der Waals surface area (Å²) in [7, 11) is 0. The van der Waals surface area contributed by atoms with Crippen molar-refractivity contribution in [2.75, 3.05) is 4.90 Å². The molecule has 51 heavy (non-hydrogen) atoms. The quantitative estimate of drug-likeness (QED) is 0.144. The Morgan fingerprint density at radius 3 is 2.33 bits per heavy atom. The van der Waals surface area contributed by atoms with Crippen molar-refractivity contribution in [3.8, 4) is 11.1 Å². The lowest BCUT2D eigenvalue weighted by Crippen LogP contribution is -2.50. The average Bonchev–Trinajstić information content (AvgIpc) is 3.62. The normalized spacial score (nSPS) is 17.3. The molecule has 3 amide bonds. The molecule has 1 fully saturated rings. The van der Waals surface area contributed by atoms with E-state index in [9.17, 15) is 14.4 Å². The molecule has 0 saturated heterocycles. The second kappa shape index (κ2) is 16.7. The van der Waals surface area contributed by atoms with Crippen LogP contribution in [0.15, 0.2) is 102 Å². The molecule has 4 aromatic carbocycles. The van der Waals surface area contributed by atoms with Crippen molar-refractivity contribution in [2.45, 2.75) is 71.0 Å². The number of fused-ring (bicyclic) bond motifs is 1. The van der Waals surface area contributed by atoms with Gasteiger partial charge < -0.3 is 16.0 Å². The number of anilines is 1. The van der Waals surface area contributed by atoms with Gasteiger partial charge in [-0.05, 0) is 54.2 Å². The number of amides is 3. The molecule has 7 nitrogen and oxygen atoms in total. The topological polar surface area (TPSA) is 105 Å². The maximum Gasteiger partial charge on any atom is 0.272 e. The molecule has 0 radical (unpaired) electrons. The van der Waals surface area contributed by atoms with Gasteiger partial charge >= 0.3 is 0 Å². The average molecular weight is 724 g/mol. The van der Waals surface area contributed by atoms with E-state index in [1.807, 2.05) is 84.9 Å². The van der Waals surface area contributed by atoms with Crippen LogP contribution in [0.4, 0.5) is 5.69 Å². The smallest absolute Gasteiger partial charge is 0.272 e. The first-order valence-electron chi connectivity index (χ1n) is 17.9. The molecule has 6 rings (SSSR count). The third-order valence-electron chi connectivity index (χ3n) is 10.2. The maximum atomic E-state index is 14.8. The molecule has 3 atom stereocenters. The highest BCUT2D eigenvalue weighted by molar-refractivity contribution is 6.36. The number of nitrogens with one attached hydrogen (secondary N) is 1. The number of unbranched alkanes of at least 4 members (excludes halogenated alkanes) is 1. The first-order chi connectivity index (χ1) is 24.7. The monoisotopic (exact) mass is 722 g/mol. The van der Waals surface area contributed by atoms with Crippen LogP contribution < -0.4 is 16.0 Å². The first kappa shape index (κ1) is 36.3. The zero-order chi connectivity index (χ0) is 35.9. The summed E-state index contributed by atoms with van der Waals surface area (Å²) in [4.78, 5) is 48.8. The van der Waals surface area contributed by atoms with Gasteiger partial charge in [0.1, 0.15) is 0 Å². The van der Waals surface area contributed by atoms with Crippen molar-refractivity contribution in [2.24, 2.45) is 28.5 Å². The number of nitrogens with zero attached hydrogens (tertiary/aromatic N) is 2. The molecule has 3 unspecified atom stereocenters. The van der Waals surface area contributed by atoms with E-state index in [2.05, 4.69) is 12.2 Å². The van der Waals surface area contributed by atoms with Gasteiger partial charge in [-0.3, -0.25) is 14.4 Å². The maximum absolute atomic E-state index is 14.8. The highest BCUT2D eigenvalue weighted by Crippen LogP contribution is 2.36. The van der Waals surface area contributed by atoms with Gasteiger partial charge in [-0.25, -0.2) is 4.99 Å². The highest BCUT2D eigenvalue weighted by atomic mass is 35.5. The van der Waals surface area contributed by atoms with Crippen LogP contribution in [-0.2, 0) is 20.9 Å². The Bertz CT molecular complexity index is 1910. The van der Waals surface area contributed by atoms with Crippen molar-refractivity contribution < 1.29 is 14.4 Å². The summed E-state index contributed by atoms with van der Waals surface area (Å²) in [6, 6.07) is 30.6. The lowest BCUT2D eigenvalue weighted by Gasteiger charge is -2.29. The van der Waals surface area contributed by atoms with Crippen LogP contribution in [0.5, 0.6) is 0 Å². The lowest BCUT2D eigenvalue weighted by atomic mass is 9.80. The first-order valence-corrected chi connectivity index (χ1v) is 18.7. The van der Waals surface area contributed by atoms with Gasteiger partial charge in [-0.2, -0.15) is 0 Å². The molecule has 1 aliphatic carbocycles. The van der Waals surface area contributed by atoms with Crippen molar-refractivity contribution >= 4 is 52.3 Å². The van der Waals surface area contributed by atoms with Crippen LogP contribution in [-0.4, -0.2) is 29.6 Å². The molecule has 264 valence electrons. The summed E-state index contributed by atoms with van der Waals surface area (Å²) >= 11 is 12.8. The number of hydrogen-bond acceptors (Lipinski definition) is 4. The predicted octanol–water partition coefficient (Wildman–Crippen LogP) is 8.98. The highest BCUT2D eigenvalue weighted by Gasteiger charge is 2.39. The van der Waals surface area contributed by atoms with E-state index in [0.717, 1.165) is 66.3 Å². The van der Waals surface area contributed by atoms with E-state index in [1.54, 1.807) is 17.0 Å². The number of halogens is 2. The molecule has 0 spiro atoms. The number of para-hydroxylation sites is 1. The molecule has 1 heterocycles. The van der Waals surface area contributed by atoms with Gasteiger partial charge in [0.15, 0.2) is 0 Å². The number of nitrogens with two attached hydrogens (primary N) is 1. The Balaban J connectivity index is 1.39. The number of carbonyl (C=O) groups is 3. The summed E-state index contributed by atoms with van der Waals surface area (Å²) in [5.74, 6) is -2.15. The number of primary amides is 1. The number of carbonyl (C=O) groups excluding carboxylic acids is 3. The standard InChI is InChI=1S/C42H44Cl2N4O3/c1-2-3-18-33(39(45)49)35(24-27-12-7-8-13-27)41(50)47-40-42(51)48(26-28-14-11-17-30(23-28)32-22-21-31(43)25-36(32)44)37-20-10-9-19-34(37)38(46-40)29-15-5-4-6-16-29/h4-6,9-11,14-17,19-23,25,27,33,35,40H,2-3,7-8,12-13,18,24,26H2,1H3,(H2,45,49)(H,47,50). The molecule has 9 heteroatoms. The Kier molecular flexibility index (Phi) is 11.9. The molecule has 2 aliphatic rings. The number of rotatable bonds is 13. The van der Waals surface area contributed by atoms with E-state index < -0.39 is 23.9 Å². The van der Waals surface area contributed by atoms with E-state index in [0.29, 0.717) is 40.2 Å². The fraction of sp³-hybridized carbons (Fsp3) is 0.333. The number of benzodiazepines with no additional fused rings is 1. The van der Waals surface area contributed by atoms with Crippen LogP contribution in [0.3, 0.4) is 0 Å². The second-order valence-corrected chi connectivity index (χ2v) is 14.5. The van der Waals surface area contributed by atoms with Crippen molar-refractivity contribution in [1.29, 1.82) is 0 Å². The molecular formula is C42H44Cl2N4O3. The van der Waals surface area contributed by atoms with Gasteiger partial charge in [0.25, 0.3) is 5.91 Å². The fourth-order valence-electron chi connectivity index (χ4n) is 7.52. The summed E-state index contributed by atoms with van der Waals surface area (Å²) in [6.07, 6.45) is 5.77. The van der Waals surface area contributed by atoms with Gasteiger partial charge in [-0.15, -0.1) is 0 Å². The van der Waals surface area contributed by atoms with Crippen molar-refractivity contribution in [3.05, 3.63) is 124 Å². The SMILES string of the molecule is CCCCC(C(N)=O)C(CC1CCCC1)C(=O)NC1N=C(c2ccccc2)c2ccccc2N(Cc2cccc(-c3ccc(Cl)cc3Cl)c2)C1=O. The fourth-order valence-corrected chi connectivity index (χ4v) is 8.04. The largest absolute Gasteiger partial charge is 0.369 e. The number of hydrogen-bond donors (Lipinski definition) is 2. The van der Waals surface area contributed by atoms with Gasteiger partial charge in [0.2, 0.25) is 18.0 Å². The summed E-state index contributed by atoms with van der Waals surface area (Å²) in [5, 5.41) is 4.12. The van der Waals surface area contributed by atoms with E-state index in [1.165, 1.54) is 0 Å². The summed E-state index contributed by atoms with van der Waals surface area (Å²) in [6.45, 7) is 2.27. The zero-order valence-corrected chi connectivity index (χ0v) is 30.4. The second-order valence-electron chi connectivity index (χ2n) is 13.7.